The van der Waals surface area contributed by atoms with Crippen LogP contribution in [0.2, 0.25) is 0 Å². The molecule has 7 heteroatoms. The maximum Gasteiger partial charge on any atom is 0.250 e. The Kier molecular flexibility index (Phi) is 5.57. The van der Waals surface area contributed by atoms with E-state index in [0.717, 1.165) is 19.4 Å². The SMILES string of the molecule is Cn1ccnc1C(=O)c1ccc(NC(=O)COC[C@@H]2CCCO2)cc1. The number of aromatic nitrogens is 2. The van der Waals surface area contributed by atoms with Gasteiger partial charge in [-0.2, -0.15) is 0 Å². The molecule has 1 aliphatic rings. The van der Waals surface area contributed by atoms with Crippen molar-refractivity contribution in [1.82, 2.24) is 9.55 Å². The number of aryl methyl sites for hydroxylation is 1. The van der Waals surface area contributed by atoms with Crippen LogP contribution in [0.4, 0.5) is 5.69 Å². The van der Waals surface area contributed by atoms with Gasteiger partial charge < -0.3 is 19.4 Å². The van der Waals surface area contributed by atoms with Gasteiger partial charge in [-0.1, -0.05) is 0 Å². The Morgan fingerprint density at radius 1 is 1.36 bits per heavy atom. The van der Waals surface area contributed by atoms with Gasteiger partial charge in [-0.15, -0.1) is 0 Å². The summed E-state index contributed by atoms with van der Waals surface area (Å²) in [6.45, 7) is 1.18. The van der Waals surface area contributed by atoms with E-state index in [1.165, 1.54) is 0 Å². The van der Waals surface area contributed by atoms with Crippen molar-refractivity contribution in [1.29, 1.82) is 0 Å². The zero-order chi connectivity index (χ0) is 17.6. The van der Waals surface area contributed by atoms with Gasteiger partial charge in [-0.25, -0.2) is 4.98 Å². The minimum Gasteiger partial charge on any atom is -0.376 e. The Hall–Kier alpha value is -2.51. The Bertz CT molecular complexity index is 733. The largest absolute Gasteiger partial charge is 0.376 e. The number of carbonyl (C=O) groups excluding carboxylic acids is 2. The van der Waals surface area contributed by atoms with Crippen LogP contribution >= 0.6 is 0 Å². The first-order valence-corrected chi connectivity index (χ1v) is 8.25. The van der Waals surface area contributed by atoms with Crippen LogP contribution in [0.1, 0.15) is 29.0 Å². The first kappa shape index (κ1) is 17.3. The highest BCUT2D eigenvalue weighted by atomic mass is 16.5. The molecule has 1 N–H and O–H groups in total. The summed E-state index contributed by atoms with van der Waals surface area (Å²) < 4.78 is 12.5. The molecule has 3 rings (SSSR count). The molecule has 132 valence electrons. The average Bonchev–Trinajstić information content (AvgIpc) is 3.26. The number of imidazole rings is 1. The third-order valence-electron chi connectivity index (χ3n) is 4.02. The lowest BCUT2D eigenvalue weighted by atomic mass is 10.1. The predicted molar refractivity (Wildman–Crippen MR) is 91.5 cm³/mol. The molecular formula is C18H21N3O4. The number of nitrogens with one attached hydrogen (secondary N) is 1. The minimum atomic E-state index is -0.235. The molecule has 0 saturated carbocycles. The molecule has 1 fully saturated rings. The highest BCUT2D eigenvalue weighted by Crippen LogP contribution is 2.14. The van der Waals surface area contributed by atoms with E-state index < -0.39 is 0 Å². The monoisotopic (exact) mass is 343 g/mol. The summed E-state index contributed by atoms with van der Waals surface area (Å²) in [5.41, 5.74) is 1.13. The molecule has 1 aliphatic heterocycles. The van der Waals surface area contributed by atoms with Gasteiger partial charge in [0, 0.05) is 37.3 Å². The smallest absolute Gasteiger partial charge is 0.250 e. The lowest BCUT2D eigenvalue weighted by Crippen LogP contribution is -2.22. The van der Waals surface area contributed by atoms with Crippen LogP contribution in [0.5, 0.6) is 0 Å². The number of rotatable bonds is 7. The van der Waals surface area contributed by atoms with E-state index in [9.17, 15) is 9.59 Å². The minimum absolute atomic E-state index is 0.0200. The zero-order valence-electron chi connectivity index (χ0n) is 14.1. The van der Waals surface area contributed by atoms with Gasteiger partial charge in [0.05, 0.1) is 12.7 Å². The molecule has 1 aromatic carbocycles. The summed E-state index contributed by atoms with van der Waals surface area (Å²) in [6, 6.07) is 6.71. The number of amides is 1. The molecule has 0 spiro atoms. The van der Waals surface area contributed by atoms with Crippen LogP contribution in [-0.2, 0) is 21.3 Å². The summed E-state index contributed by atoms with van der Waals surface area (Å²) in [5.74, 6) is -0.0224. The van der Waals surface area contributed by atoms with Crippen LogP contribution in [0.25, 0.3) is 0 Å². The van der Waals surface area contributed by atoms with E-state index in [4.69, 9.17) is 9.47 Å². The quantitative estimate of drug-likeness (QED) is 0.775. The molecule has 0 bridgehead atoms. The Labute approximate surface area is 146 Å². The molecule has 1 aromatic heterocycles. The number of anilines is 1. The fraction of sp³-hybridized carbons (Fsp3) is 0.389. The topological polar surface area (TPSA) is 82.5 Å². The van der Waals surface area contributed by atoms with Crippen LogP contribution in [-0.4, -0.2) is 47.2 Å². The van der Waals surface area contributed by atoms with Crippen molar-refractivity contribution in [3.8, 4) is 0 Å². The third-order valence-corrected chi connectivity index (χ3v) is 4.02. The second-order valence-corrected chi connectivity index (χ2v) is 5.97. The normalized spacial score (nSPS) is 16.8. The van der Waals surface area contributed by atoms with E-state index >= 15 is 0 Å². The summed E-state index contributed by atoms with van der Waals surface area (Å²) in [6.07, 6.45) is 5.43. The number of ketones is 1. The summed E-state index contributed by atoms with van der Waals surface area (Å²) in [4.78, 5) is 28.3. The number of benzene rings is 1. The number of nitrogens with zero attached hydrogens (tertiary/aromatic N) is 2. The third kappa shape index (κ3) is 4.52. The van der Waals surface area contributed by atoms with Crippen LogP contribution in [0.15, 0.2) is 36.7 Å². The standard InChI is InChI=1S/C18H21N3O4/c1-21-9-8-19-18(21)17(23)13-4-6-14(7-5-13)20-16(22)12-24-11-15-3-2-10-25-15/h4-9,15H,2-3,10-12H2,1H3,(H,20,22)/t15-/m0/s1. The molecular weight excluding hydrogens is 322 g/mol. The first-order chi connectivity index (χ1) is 12.1. The molecule has 25 heavy (non-hydrogen) atoms. The van der Waals surface area contributed by atoms with E-state index in [-0.39, 0.29) is 24.4 Å². The van der Waals surface area contributed by atoms with Gasteiger partial charge in [0.25, 0.3) is 0 Å². The second kappa shape index (κ2) is 8.04. The first-order valence-electron chi connectivity index (χ1n) is 8.25. The van der Waals surface area contributed by atoms with E-state index in [1.54, 1.807) is 48.3 Å². The van der Waals surface area contributed by atoms with Crippen LogP contribution in [0, 0.1) is 0 Å². The number of hydrogen-bond acceptors (Lipinski definition) is 5. The fourth-order valence-corrected chi connectivity index (χ4v) is 2.67. The fourth-order valence-electron chi connectivity index (χ4n) is 2.67. The molecule has 2 aromatic rings. The highest BCUT2D eigenvalue weighted by molar-refractivity contribution is 6.07. The molecule has 7 nitrogen and oxygen atoms in total. The van der Waals surface area contributed by atoms with Gasteiger partial charge >= 0.3 is 0 Å². The van der Waals surface area contributed by atoms with Crippen molar-refractivity contribution in [3.05, 3.63) is 48.0 Å². The molecule has 2 heterocycles. The number of ether oxygens (including phenoxy) is 2. The van der Waals surface area contributed by atoms with E-state index in [0.29, 0.717) is 23.7 Å². The highest BCUT2D eigenvalue weighted by Gasteiger charge is 2.16. The molecule has 0 aliphatic carbocycles. The summed E-state index contributed by atoms with van der Waals surface area (Å²) in [5, 5.41) is 2.74. The van der Waals surface area contributed by atoms with Crippen LogP contribution in [0.3, 0.4) is 0 Å². The number of carbonyl (C=O) groups is 2. The average molecular weight is 343 g/mol. The maximum atomic E-state index is 12.3. The predicted octanol–water partition coefficient (Wildman–Crippen LogP) is 1.79. The molecule has 1 atom stereocenters. The molecule has 0 unspecified atom stereocenters. The van der Waals surface area contributed by atoms with Crippen molar-refractivity contribution in [2.45, 2.75) is 18.9 Å². The van der Waals surface area contributed by atoms with Crippen molar-refractivity contribution in [3.63, 3.8) is 0 Å². The molecule has 1 amide bonds. The van der Waals surface area contributed by atoms with Crippen molar-refractivity contribution < 1.29 is 19.1 Å². The maximum absolute atomic E-state index is 12.3. The Morgan fingerprint density at radius 2 is 2.16 bits per heavy atom. The summed E-state index contributed by atoms with van der Waals surface area (Å²) >= 11 is 0. The van der Waals surface area contributed by atoms with E-state index in [1.807, 2.05) is 0 Å². The van der Waals surface area contributed by atoms with E-state index in [2.05, 4.69) is 10.3 Å². The molecule has 1 saturated heterocycles. The molecule has 0 radical (unpaired) electrons. The number of hydrogen-bond donors (Lipinski definition) is 1. The van der Waals surface area contributed by atoms with Crippen molar-refractivity contribution in [2.75, 3.05) is 25.1 Å². The Balaban J connectivity index is 1.49. The van der Waals surface area contributed by atoms with Gasteiger partial charge in [0.2, 0.25) is 11.7 Å². The van der Waals surface area contributed by atoms with Crippen LogP contribution < -0.4 is 5.32 Å². The lowest BCUT2D eigenvalue weighted by Gasteiger charge is -2.10. The van der Waals surface area contributed by atoms with Gasteiger partial charge in [-0.05, 0) is 37.1 Å². The second-order valence-electron chi connectivity index (χ2n) is 5.97. The summed E-state index contributed by atoms with van der Waals surface area (Å²) in [7, 11) is 1.77. The van der Waals surface area contributed by atoms with Gasteiger partial charge in [0.15, 0.2) is 5.82 Å². The Morgan fingerprint density at radius 3 is 2.80 bits per heavy atom. The van der Waals surface area contributed by atoms with Crippen molar-refractivity contribution in [2.24, 2.45) is 7.05 Å². The lowest BCUT2D eigenvalue weighted by molar-refractivity contribution is -0.121. The van der Waals surface area contributed by atoms with Gasteiger partial charge in [-0.3, -0.25) is 9.59 Å². The zero-order valence-corrected chi connectivity index (χ0v) is 14.1. The van der Waals surface area contributed by atoms with Gasteiger partial charge in [0.1, 0.15) is 6.61 Å². The van der Waals surface area contributed by atoms with Crippen molar-refractivity contribution >= 4 is 17.4 Å².